The number of anilines is 1. The van der Waals surface area contributed by atoms with Crippen LogP contribution < -0.4 is 4.90 Å². The second kappa shape index (κ2) is 7.28. The standard InChI is InChI=1S/C20H28N4O2S/c25-16-11-20(13-24(12-16)15-1-8-26-9-2-15)4-6-23(7-5-20)19-18-17(3-10-27-18)21-14-22-19/h3,10,14-16,25H,1-2,4-9,11-13H2. The molecule has 0 aromatic carbocycles. The lowest BCUT2D eigenvalue weighted by Gasteiger charge is -2.51. The third kappa shape index (κ3) is 3.46. The minimum Gasteiger partial charge on any atom is -0.392 e. The van der Waals surface area contributed by atoms with Gasteiger partial charge in [-0.25, -0.2) is 9.97 Å². The van der Waals surface area contributed by atoms with Crippen molar-refractivity contribution in [2.45, 2.75) is 44.2 Å². The quantitative estimate of drug-likeness (QED) is 0.853. The number of nitrogens with zero attached hydrogens (tertiary/aromatic N) is 4. The Hall–Kier alpha value is -1.28. The van der Waals surface area contributed by atoms with E-state index in [1.54, 1.807) is 17.7 Å². The first-order valence-electron chi connectivity index (χ1n) is 10.2. The number of aliphatic hydroxyl groups is 1. The summed E-state index contributed by atoms with van der Waals surface area (Å²) in [6.45, 7) is 5.71. The maximum absolute atomic E-state index is 10.6. The lowest BCUT2D eigenvalue weighted by Crippen LogP contribution is -2.57. The number of rotatable bonds is 2. The molecule has 0 saturated carbocycles. The van der Waals surface area contributed by atoms with Gasteiger partial charge in [0.25, 0.3) is 0 Å². The van der Waals surface area contributed by atoms with Gasteiger partial charge in [-0.05, 0) is 49.0 Å². The molecule has 3 aliphatic heterocycles. The topological polar surface area (TPSA) is 61.7 Å². The molecule has 1 N–H and O–H groups in total. The lowest BCUT2D eigenvalue weighted by atomic mass is 9.71. The Morgan fingerprint density at radius 2 is 2.00 bits per heavy atom. The SMILES string of the molecule is OC1CN(C2CCOCC2)CC2(CCN(c3ncnc4ccsc34)CC2)C1. The van der Waals surface area contributed by atoms with Crippen molar-refractivity contribution in [2.75, 3.05) is 44.3 Å². The summed E-state index contributed by atoms with van der Waals surface area (Å²) in [7, 11) is 0. The highest BCUT2D eigenvalue weighted by molar-refractivity contribution is 7.17. The molecular weight excluding hydrogens is 360 g/mol. The van der Waals surface area contributed by atoms with Gasteiger partial charge in [0.2, 0.25) is 0 Å². The van der Waals surface area contributed by atoms with E-state index in [0.717, 1.165) is 82.8 Å². The van der Waals surface area contributed by atoms with E-state index in [1.165, 1.54) is 4.70 Å². The fraction of sp³-hybridized carbons (Fsp3) is 0.700. The normalized spacial score (nSPS) is 27.4. The largest absolute Gasteiger partial charge is 0.392 e. The second-order valence-corrected chi connectivity index (χ2v) is 9.37. The highest BCUT2D eigenvalue weighted by Gasteiger charge is 2.43. The number of aromatic nitrogens is 2. The molecular formula is C20H28N4O2S. The zero-order valence-corrected chi connectivity index (χ0v) is 16.5. The average molecular weight is 389 g/mol. The van der Waals surface area contributed by atoms with Crippen molar-refractivity contribution in [3.8, 4) is 0 Å². The number of thiophene rings is 1. The number of hydrogen-bond donors (Lipinski definition) is 1. The number of β-amino-alcohol motifs (C(OH)–C–C–N with tert-alkyl or cyclic N) is 1. The highest BCUT2D eigenvalue weighted by Crippen LogP contribution is 2.42. The predicted octanol–water partition coefficient (Wildman–Crippen LogP) is 2.52. The Morgan fingerprint density at radius 1 is 1.19 bits per heavy atom. The first-order valence-corrected chi connectivity index (χ1v) is 11.0. The van der Waals surface area contributed by atoms with Crippen LogP contribution in [-0.4, -0.2) is 71.5 Å². The molecule has 3 fully saturated rings. The molecule has 0 radical (unpaired) electrons. The molecule has 3 aliphatic rings. The maximum atomic E-state index is 10.6. The summed E-state index contributed by atoms with van der Waals surface area (Å²) in [5.41, 5.74) is 1.29. The maximum Gasteiger partial charge on any atom is 0.150 e. The number of ether oxygens (including phenoxy) is 1. The summed E-state index contributed by atoms with van der Waals surface area (Å²) >= 11 is 1.73. The number of aliphatic hydroxyl groups excluding tert-OH is 1. The molecule has 0 bridgehead atoms. The molecule has 1 atom stereocenters. The summed E-state index contributed by atoms with van der Waals surface area (Å²) in [4.78, 5) is 14.0. The van der Waals surface area contributed by atoms with Crippen molar-refractivity contribution < 1.29 is 9.84 Å². The van der Waals surface area contributed by atoms with Gasteiger partial charge in [0, 0.05) is 45.4 Å². The first kappa shape index (κ1) is 17.8. The molecule has 2 aromatic rings. The van der Waals surface area contributed by atoms with Crippen LogP contribution in [0.15, 0.2) is 17.8 Å². The van der Waals surface area contributed by atoms with E-state index in [-0.39, 0.29) is 11.5 Å². The zero-order valence-electron chi connectivity index (χ0n) is 15.7. The van der Waals surface area contributed by atoms with E-state index in [4.69, 9.17) is 4.74 Å². The second-order valence-electron chi connectivity index (χ2n) is 8.45. The van der Waals surface area contributed by atoms with Gasteiger partial charge in [0.15, 0.2) is 0 Å². The fourth-order valence-electron chi connectivity index (χ4n) is 5.28. The summed E-state index contributed by atoms with van der Waals surface area (Å²) < 4.78 is 6.73. The molecule has 7 heteroatoms. The summed E-state index contributed by atoms with van der Waals surface area (Å²) in [5.74, 6) is 1.09. The van der Waals surface area contributed by atoms with Crippen LogP contribution in [0.3, 0.4) is 0 Å². The Bertz CT molecular complexity index is 783. The summed E-state index contributed by atoms with van der Waals surface area (Å²) in [5, 5.41) is 12.7. The lowest BCUT2D eigenvalue weighted by molar-refractivity contribution is -0.0602. The van der Waals surface area contributed by atoms with Gasteiger partial charge in [-0.2, -0.15) is 0 Å². The zero-order chi connectivity index (χ0) is 18.3. The number of hydrogen-bond acceptors (Lipinski definition) is 7. The van der Waals surface area contributed by atoms with Gasteiger partial charge in [-0.1, -0.05) is 0 Å². The van der Waals surface area contributed by atoms with Gasteiger partial charge in [-0.15, -0.1) is 11.3 Å². The van der Waals surface area contributed by atoms with Crippen LogP contribution in [0.1, 0.15) is 32.1 Å². The number of likely N-dealkylation sites (tertiary alicyclic amines) is 1. The molecule has 0 aliphatic carbocycles. The minimum atomic E-state index is -0.198. The van der Waals surface area contributed by atoms with E-state index in [1.807, 2.05) is 0 Å². The van der Waals surface area contributed by atoms with Crippen LogP contribution in [0.5, 0.6) is 0 Å². The summed E-state index contributed by atoms with van der Waals surface area (Å²) in [6, 6.07) is 2.65. The summed E-state index contributed by atoms with van der Waals surface area (Å²) in [6.07, 6.45) is 6.89. The van der Waals surface area contributed by atoms with E-state index < -0.39 is 0 Å². The molecule has 3 saturated heterocycles. The Morgan fingerprint density at radius 3 is 2.81 bits per heavy atom. The molecule has 2 aromatic heterocycles. The molecule has 27 heavy (non-hydrogen) atoms. The molecule has 1 spiro atoms. The van der Waals surface area contributed by atoms with E-state index in [0.29, 0.717) is 6.04 Å². The highest BCUT2D eigenvalue weighted by atomic mass is 32.1. The van der Waals surface area contributed by atoms with Crippen molar-refractivity contribution in [2.24, 2.45) is 5.41 Å². The van der Waals surface area contributed by atoms with E-state index in [2.05, 4.69) is 31.2 Å². The van der Waals surface area contributed by atoms with Crippen molar-refractivity contribution in [1.29, 1.82) is 0 Å². The van der Waals surface area contributed by atoms with Crippen LogP contribution in [0.4, 0.5) is 5.82 Å². The van der Waals surface area contributed by atoms with E-state index in [9.17, 15) is 5.11 Å². The van der Waals surface area contributed by atoms with Gasteiger partial charge < -0.3 is 14.7 Å². The van der Waals surface area contributed by atoms with Crippen LogP contribution in [-0.2, 0) is 4.74 Å². The molecule has 5 heterocycles. The number of piperidine rings is 2. The molecule has 6 nitrogen and oxygen atoms in total. The first-order chi connectivity index (χ1) is 13.2. The molecule has 1 unspecified atom stereocenters. The third-order valence-corrected chi connectivity index (χ3v) is 7.61. The van der Waals surface area contributed by atoms with Crippen LogP contribution in [0.25, 0.3) is 10.2 Å². The number of fused-ring (bicyclic) bond motifs is 1. The van der Waals surface area contributed by atoms with Gasteiger partial charge in [0.05, 0.1) is 16.3 Å². The van der Waals surface area contributed by atoms with Crippen LogP contribution in [0, 0.1) is 5.41 Å². The van der Waals surface area contributed by atoms with Gasteiger partial charge in [0.1, 0.15) is 12.1 Å². The molecule has 0 amide bonds. The predicted molar refractivity (Wildman–Crippen MR) is 107 cm³/mol. The minimum absolute atomic E-state index is 0.198. The molecule has 5 rings (SSSR count). The fourth-order valence-corrected chi connectivity index (χ4v) is 6.14. The van der Waals surface area contributed by atoms with Gasteiger partial charge in [-0.3, -0.25) is 4.90 Å². The van der Waals surface area contributed by atoms with Gasteiger partial charge >= 0.3 is 0 Å². The van der Waals surface area contributed by atoms with Crippen molar-refractivity contribution >= 4 is 27.4 Å². The monoisotopic (exact) mass is 388 g/mol. The van der Waals surface area contributed by atoms with Crippen molar-refractivity contribution in [1.82, 2.24) is 14.9 Å². The Balaban J connectivity index is 1.30. The molecule has 146 valence electrons. The van der Waals surface area contributed by atoms with Crippen LogP contribution >= 0.6 is 11.3 Å². The van der Waals surface area contributed by atoms with Crippen molar-refractivity contribution in [3.63, 3.8) is 0 Å². The Labute approximate surface area is 164 Å². The average Bonchev–Trinajstić information content (AvgIpc) is 3.18. The third-order valence-electron chi connectivity index (χ3n) is 6.71. The van der Waals surface area contributed by atoms with Crippen LogP contribution in [0.2, 0.25) is 0 Å². The van der Waals surface area contributed by atoms with E-state index >= 15 is 0 Å². The smallest absolute Gasteiger partial charge is 0.150 e. The van der Waals surface area contributed by atoms with Crippen molar-refractivity contribution in [3.05, 3.63) is 17.8 Å². The Kier molecular flexibility index (Phi) is 4.80.